The summed E-state index contributed by atoms with van der Waals surface area (Å²) < 4.78 is 17.1. The van der Waals surface area contributed by atoms with Crippen LogP contribution in [0.25, 0.3) is 117 Å². The summed E-state index contributed by atoms with van der Waals surface area (Å²) in [5, 5.41) is 8.50. The molecule has 466 valence electrons. The van der Waals surface area contributed by atoms with E-state index >= 15 is 0 Å². The lowest BCUT2D eigenvalue weighted by Crippen LogP contribution is -2.57. The van der Waals surface area contributed by atoms with Crippen LogP contribution in [-0.2, 0) is 0 Å². The number of ether oxygens (including phenoxy) is 1. The van der Waals surface area contributed by atoms with Crippen LogP contribution in [0.2, 0.25) is 0 Å². The van der Waals surface area contributed by atoms with E-state index in [0.717, 1.165) is 78.5 Å². The van der Waals surface area contributed by atoms with Gasteiger partial charge in [-0.25, -0.2) is 0 Å². The molecule has 0 saturated heterocycles. The summed E-state index contributed by atoms with van der Waals surface area (Å²) in [7, 11) is 0. The fraction of sp³-hybridized carbons (Fsp3) is 0.133. The largest absolute Gasteiger partial charge is 0.458 e. The van der Waals surface area contributed by atoms with Crippen LogP contribution in [0.4, 0.5) is 0 Å². The van der Waals surface area contributed by atoms with Gasteiger partial charge in [0.15, 0.2) is 0 Å². The number of aromatic nitrogens is 4. The van der Waals surface area contributed by atoms with Gasteiger partial charge < -0.3 is 23.0 Å². The molecule has 96 heavy (non-hydrogen) atoms. The van der Waals surface area contributed by atoms with E-state index in [1.165, 1.54) is 87.3 Å². The second kappa shape index (κ2) is 24.4. The summed E-state index contributed by atoms with van der Waals surface area (Å²) in [6.45, 7) is 22.4. The van der Waals surface area contributed by atoms with Gasteiger partial charge in [0, 0.05) is 84.2 Å². The molecule has 0 amide bonds. The van der Waals surface area contributed by atoms with Gasteiger partial charge in [-0.05, 0) is 160 Å². The Morgan fingerprint density at radius 2 is 1.04 bits per heavy atom. The van der Waals surface area contributed by atoms with Gasteiger partial charge in [0.2, 0.25) is 0 Å². The predicted octanol–water partition coefficient (Wildman–Crippen LogP) is 22.5. The molecule has 16 rings (SSSR count). The standard InChI is InChI=1S/C90H77BN4O/c1-10-25-60(28-24-50-92-80-35-18-13-31-70(80)71-32-14-19-36-81(71)92)62-41-48-86-76(51-62)72-33-16-21-38-84(72)94(86)66-44-46-78-88(55-66)96-89-56-67(45-47-79(89)91(78)90-74(58(6)7)53-64(57(4)5)54-75(90)59(8)9)95-85-39-22-17-34-73(85)77-52-63(42-49-87(77)95)61-27-23-29-65(43-40-61)93-82(26-11-2)68(12-3)69-30-15-20-37-83(69)93/h10-59,65H,3H2,1-2,4-9H3/b25-10-,26-11-,50-24+,60-28+. The van der Waals surface area contributed by atoms with Crippen LogP contribution >= 0.6 is 0 Å². The molecule has 1 unspecified atom stereocenters. The fourth-order valence-corrected chi connectivity index (χ4v) is 15.7. The molecule has 6 heteroatoms. The third kappa shape index (κ3) is 9.92. The van der Waals surface area contributed by atoms with E-state index in [4.69, 9.17) is 4.74 Å². The summed E-state index contributed by atoms with van der Waals surface area (Å²) in [6, 6.07) is 76.7. The van der Waals surface area contributed by atoms with Crippen molar-refractivity contribution in [2.75, 3.05) is 0 Å². The Morgan fingerprint density at radius 3 is 1.60 bits per heavy atom. The SMILES string of the molecule is C=Cc1c(/C=C\C)n(C2C=CC=C(c3ccc4c(c3)c3ccccc3n4-c3ccc4c(c3)Oc3cc(-n5c6ccccc6c6cc(C(/C=C\C)=C/C=C/n7c8ccccc8c8ccccc87)ccc65)ccc3B4c3c(C(C)C)cc(C(C)C)cc3C(C)C)C=C2)c2ccccc12. The normalized spacial score (nSPS) is 14.4. The molecule has 5 nitrogen and oxygen atoms in total. The quantitative estimate of drug-likeness (QED) is 0.0788. The Labute approximate surface area is 563 Å². The molecule has 0 bridgehead atoms. The molecule has 0 radical (unpaired) electrons. The number of hydrogen-bond acceptors (Lipinski definition) is 1. The highest BCUT2D eigenvalue weighted by molar-refractivity contribution is 6.97. The fourth-order valence-electron chi connectivity index (χ4n) is 15.7. The van der Waals surface area contributed by atoms with Gasteiger partial charge in [-0.15, -0.1) is 0 Å². The summed E-state index contributed by atoms with van der Waals surface area (Å²) in [4.78, 5) is 0. The smallest absolute Gasteiger partial charge is 0.251 e. The van der Waals surface area contributed by atoms with Crippen molar-refractivity contribution >= 4 is 129 Å². The summed E-state index contributed by atoms with van der Waals surface area (Å²) in [6.07, 6.45) is 28.7. The maximum Gasteiger partial charge on any atom is 0.251 e. The minimum absolute atomic E-state index is 0.00766. The zero-order chi connectivity index (χ0) is 65.5. The average molecular weight is 1240 g/mol. The van der Waals surface area contributed by atoms with Crippen LogP contribution < -0.4 is 21.1 Å². The highest BCUT2D eigenvalue weighted by Crippen LogP contribution is 2.41. The van der Waals surface area contributed by atoms with E-state index in [1.54, 1.807) is 0 Å². The van der Waals surface area contributed by atoms with Gasteiger partial charge in [0.05, 0.1) is 39.1 Å². The Morgan fingerprint density at radius 1 is 0.510 bits per heavy atom. The molecule has 0 N–H and O–H groups in total. The summed E-state index contributed by atoms with van der Waals surface area (Å²) >= 11 is 0. The minimum atomic E-state index is -0.0883. The molecular formula is C90H77BN4O. The van der Waals surface area contributed by atoms with Gasteiger partial charge in [0.1, 0.15) is 11.5 Å². The second-order valence-corrected chi connectivity index (χ2v) is 26.8. The maximum atomic E-state index is 7.53. The van der Waals surface area contributed by atoms with Crippen LogP contribution in [-0.4, -0.2) is 25.0 Å². The van der Waals surface area contributed by atoms with Gasteiger partial charge in [-0.3, -0.25) is 0 Å². The summed E-state index contributed by atoms with van der Waals surface area (Å²) in [5.74, 6) is 2.70. The van der Waals surface area contributed by atoms with Crippen molar-refractivity contribution in [2.24, 2.45) is 0 Å². The van der Waals surface area contributed by atoms with Crippen molar-refractivity contribution in [3.05, 3.63) is 313 Å². The number of benzene rings is 10. The van der Waals surface area contributed by atoms with Crippen LogP contribution in [0.1, 0.15) is 118 Å². The number of hydrogen-bond donors (Lipinski definition) is 0. The minimum Gasteiger partial charge on any atom is -0.458 e. The maximum absolute atomic E-state index is 7.53. The van der Waals surface area contributed by atoms with Crippen LogP contribution in [0.15, 0.2) is 274 Å². The molecule has 14 aromatic rings. The monoisotopic (exact) mass is 1240 g/mol. The van der Waals surface area contributed by atoms with E-state index < -0.39 is 0 Å². The van der Waals surface area contributed by atoms with Gasteiger partial charge >= 0.3 is 0 Å². The zero-order valence-electron chi connectivity index (χ0n) is 55.9. The Bertz CT molecular complexity index is 5650. The molecule has 2 aliphatic rings. The first-order valence-electron chi connectivity index (χ1n) is 34.1. The van der Waals surface area contributed by atoms with E-state index in [9.17, 15) is 0 Å². The molecule has 1 aliphatic heterocycles. The first-order valence-corrected chi connectivity index (χ1v) is 34.1. The lowest BCUT2D eigenvalue weighted by atomic mass is 9.34. The van der Waals surface area contributed by atoms with Crippen LogP contribution in [0.5, 0.6) is 11.5 Å². The number of allylic oxidation sites excluding steroid dienone is 12. The second-order valence-electron chi connectivity index (χ2n) is 26.8. The third-order valence-corrected chi connectivity index (χ3v) is 20.2. The highest BCUT2D eigenvalue weighted by Gasteiger charge is 2.38. The van der Waals surface area contributed by atoms with E-state index in [-0.39, 0.29) is 24.6 Å². The molecule has 0 fully saturated rings. The third-order valence-electron chi connectivity index (χ3n) is 20.2. The van der Waals surface area contributed by atoms with E-state index in [2.05, 4.69) is 360 Å². The van der Waals surface area contributed by atoms with Crippen molar-refractivity contribution in [1.82, 2.24) is 18.3 Å². The Hall–Kier alpha value is -11.1. The molecule has 0 spiro atoms. The molecule has 0 saturated carbocycles. The first-order chi connectivity index (χ1) is 47.0. The van der Waals surface area contributed by atoms with Crippen molar-refractivity contribution in [3.63, 3.8) is 0 Å². The highest BCUT2D eigenvalue weighted by atomic mass is 16.5. The lowest BCUT2D eigenvalue weighted by Gasteiger charge is -2.32. The Balaban J connectivity index is 0.808. The van der Waals surface area contributed by atoms with Crippen molar-refractivity contribution in [2.45, 2.75) is 79.2 Å². The average Bonchev–Trinajstić information content (AvgIpc) is 1.04. The van der Waals surface area contributed by atoms with Gasteiger partial charge in [-0.1, -0.05) is 242 Å². The number of fused-ring (bicyclic) bond motifs is 12. The van der Waals surface area contributed by atoms with Gasteiger partial charge in [0.25, 0.3) is 6.71 Å². The van der Waals surface area contributed by atoms with Gasteiger partial charge in [-0.2, -0.15) is 0 Å². The molecule has 10 aromatic carbocycles. The molecule has 1 atom stereocenters. The first kappa shape index (κ1) is 59.9. The van der Waals surface area contributed by atoms with Crippen molar-refractivity contribution in [1.29, 1.82) is 0 Å². The Kier molecular flexibility index (Phi) is 15.2. The van der Waals surface area contributed by atoms with Crippen molar-refractivity contribution < 1.29 is 4.74 Å². The lowest BCUT2D eigenvalue weighted by molar-refractivity contribution is 0.487. The summed E-state index contributed by atoms with van der Waals surface area (Å²) in [5.41, 5.74) is 25.1. The number of para-hydroxylation sites is 5. The van der Waals surface area contributed by atoms with E-state index in [0.29, 0.717) is 5.92 Å². The topological polar surface area (TPSA) is 28.9 Å². The van der Waals surface area contributed by atoms with Crippen LogP contribution in [0.3, 0.4) is 0 Å². The molecule has 1 aliphatic carbocycles. The zero-order valence-corrected chi connectivity index (χ0v) is 55.9. The number of nitrogens with zero attached hydrogens (tertiary/aromatic N) is 4. The predicted molar refractivity (Wildman–Crippen MR) is 415 cm³/mol. The molecular weight excluding hydrogens is 1160 g/mol. The van der Waals surface area contributed by atoms with E-state index in [1.807, 2.05) is 6.08 Å². The number of rotatable bonds is 14. The molecule has 5 heterocycles. The van der Waals surface area contributed by atoms with Crippen LogP contribution in [0, 0.1) is 0 Å². The van der Waals surface area contributed by atoms with Crippen molar-refractivity contribution in [3.8, 4) is 22.9 Å². The molecule has 4 aromatic heterocycles.